The maximum Gasteiger partial charge on any atom is 0.412 e. The first-order valence-corrected chi connectivity index (χ1v) is 15.8. The lowest BCUT2D eigenvalue weighted by Gasteiger charge is -2.24. The van der Waals surface area contributed by atoms with Gasteiger partial charge in [0.2, 0.25) is 12.2 Å². The zero-order chi connectivity index (χ0) is 35.6. The van der Waals surface area contributed by atoms with Crippen molar-refractivity contribution in [1.82, 2.24) is 15.2 Å². The minimum absolute atomic E-state index is 0.0337. The molecule has 0 saturated carbocycles. The fourth-order valence-electron chi connectivity index (χ4n) is 4.52. The predicted octanol–water partition coefficient (Wildman–Crippen LogP) is 6.34. The number of pyridine rings is 1. The van der Waals surface area contributed by atoms with Gasteiger partial charge in [-0.25, -0.2) is 9.59 Å². The molecule has 13 heteroatoms. The van der Waals surface area contributed by atoms with Gasteiger partial charge in [-0.15, -0.1) is 0 Å². The Hall–Kier alpha value is -5.59. The monoisotopic (exact) mass is 673 g/mol. The first-order valence-electron chi connectivity index (χ1n) is 15.8. The quantitative estimate of drug-likeness (QED) is 0.198. The molecule has 0 saturated heterocycles. The number of carbonyl (C=O) groups is 4. The molecule has 0 radical (unpaired) electrons. The number of amides is 4. The molecule has 0 bridgehead atoms. The van der Waals surface area contributed by atoms with Crippen molar-refractivity contribution in [2.24, 2.45) is 0 Å². The van der Waals surface area contributed by atoms with Crippen LogP contribution >= 0.6 is 0 Å². The molecule has 1 aromatic heterocycles. The standard InChI is InChI=1S/C36H43N5O8/c1-35(2,3)48-30(42)18-19-41(33(44)40-29-23-46-31(47-29)20-24-12-8-7-9-13-24)22-25-16-17-28(37-21-25)32(43)38-26-14-10-11-15-27(26)39-34(45)49-36(4,5)6/h7-17,21,23,31H,18-20,22H2,1-6H3,(H,38,43)(H,39,45)(H,40,44). The van der Waals surface area contributed by atoms with E-state index in [1.54, 1.807) is 71.9 Å². The SMILES string of the molecule is CC(C)(C)OC(=O)CCN(Cc1ccc(C(=O)Nc2ccccc2NC(=O)OC(C)(C)C)nc1)C(=O)NC1=COC(Cc2ccccc2)O1. The zero-order valence-electron chi connectivity index (χ0n) is 28.6. The number of hydrogen-bond acceptors (Lipinski definition) is 9. The highest BCUT2D eigenvalue weighted by Crippen LogP contribution is 2.23. The lowest BCUT2D eigenvalue weighted by molar-refractivity contribution is -0.155. The summed E-state index contributed by atoms with van der Waals surface area (Å²) in [5.41, 5.74) is 1.05. The summed E-state index contributed by atoms with van der Waals surface area (Å²) in [4.78, 5) is 57.0. The fraction of sp³-hybridized carbons (Fsp3) is 0.361. The molecule has 3 N–H and O–H groups in total. The molecule has 1 aliphatic heterocycles. The molecule has 2 heterocycles. The van der Waals surface area contributed by atoms with Crippen LogP contribution in [0.2, 0.25) is 0 Å². The van der Waals surface area contributed by atoms with Crippen molar-refractivity contribution in [3.05, 3.63) is 102 Å². The number of anilines is 2. The van der Waals surface area contributed by atoms with Crippen molar-refractivity contribution in [3.63, 3.8) is 0 Å². The van der Waals surface area contributed by atoms with Gasteiger partial charge in [0.15, 0.2) is 0 Å². The van der Waals surface area contributed by atoms with Crippen LogP contribution in [0.4, 0.5) is 21.0 Å². The minimum Gasteiger partial charge on any atom is -0.460 e. The summed E-state index contributed by atoms with van der Waals surface area (Å²) in [5, 5.41) is 8.10. The molecule has 4 amide bonds. The third kappa shape index (κ3) is 12.2. The van der Waals surface area contributed by atoms with E-state index < -0.39 is 41.5 Å². The Morgan fingerprint density at radius 3 is 2.08 bits per heavy atom. The normalized spacial score (nSPS) is 14.0. The van der Waals surface area contributed by atoms with Crippen LogP contribution in [-0.2, 0) is 36.7 Å². The van der Waals surface area contributed by atoms with Crippen LogP contribution in [0.25, 0.3) is 0 Å². The Morgan fingerprint density at radius 2 is 1.45 bits per heavy atom. The van der Waals surface area contributed by atoms with E-state index >= 15 is 0 Å². The third-order valence-corrected chi connectivity index (χ3v) is 6.60. The van der Waals surface area contributed by atoms with E-state index in [1.807, 2.05) is 30.3 Å². The van der Waals surface area contributed by atoms with Crippen molar-refractivity contribution < 1.29 is 38.1 Å². The first kappa shape index (κ1) is 36.2. The average molecular weight is 674 g/mol. The van der Waals surface area contributed by atoms with E-state index in [1.165, 1.54) is 23.4 Å². The molecule has 3 aromatic rings. The highest BCUT2D eigenvalue weighted by atomic mass is 16.7. The van der Waals surface area contributed by atoms with Gasteiger partial charge >= 0.3 is 18.1 Å². The molecule has 1 unspecified atom stereocenters. The van der Waals surface area contributed by atoms with Crippen LogP contribution in [0.1, 0.15) is 69.6 Å². The molecule has 1 atom stereocenters. The summed E-state index contributed by atoms with van der Waals surface area (Å²) in [6.07, 6.45) is 1.98. The van der Waals surface area contributed by atoms with E-state index in [4.69, 9.17) is 18.9 Å². The van der Waals surface area contributed by atoms with Gasteiger partial charge in [-0.1, -0.05) is 48.5 Å². The second-order valence-corrected chi connectivity index (χ2v) is 13.2. The third-order valence-electron chi connectivity index (χ3n) is 6.60. The van der Waals surface area contributed by atoms with Gasteiger partial charge in [-0.3, -0.25) is 25.2 Å². The van der Waals surface area contributed by atoms with Crippen LogP contribution in [0.3, 0.4) is 0 Å². The predicted molar refractivity (Wildman–Crippen MR) is 182 cm³/mol. The number of nitrogens with one attached hydrogen (secondary N) is 3. The van der Waals surface area contributed by atoms with Crippen LogP contribution < -0.4 is 16.0 Å². The van der Waals surface area contributed by atoms with E-state index in [-0.39, 0.29) is 31.1 Å². The number of rotatable bonds is 11. The van der Waals surface area contributed by atoms with Gasteiger partial charge < -0.3 is 29.2 Å². The Balaban J connectivity index is 1.39. The van der Waals surface area contributed by atoms with Crippen molar-refractivity contribution in [2.45, 2.75) is 78.4 Å². The summed E-state index contributed by atoms with van der Waals surface area (Å²) in [6.45, 7) is 10.7. The average Bonchev–Trinajstić information content (AvgIpc) is 3.45. The molecule has 1 aliphatic rings. The molecule has 4 rings (SSSR count). The number of nitrogens with zero attached hydrogens (tertiary/aromatic N) is 2. The maximum atomic E-state index is 13.4. The number of esters is 1. The number of benzene rings is 2. The summed E-state index contributed by atoms with van der Waals surface area (Å²) < 4.78 is 22.1. The summed E-state index contributed by atoms with van der Waals surface area (Å²) in [5.74, 6) is -0.834. The second kappa shape index (κ2) is 16.0. The van der Waals surface area contributed by atoms with E-state index in [0.29, 0.717) is 23.4 Å². The first-order chi connectivity index (χ1) is 23.1. The smallest absolute Gasteiger partial charge is 0.412 e. The summed E-state index contributed by atoms with van der Waals surface area (Å²) >= 11 is 0. The Bertz CT molecular complexity index is 1650. The van der Waals surface area contributed by atoms with Gasteiger partial charge in [-0.2, -0.15) is 0 Å². The number of urea groups is 1. The van der Waals surface area contributed by atoms with Crippen molar-refractivity contribution >= 4 is 35.4 Å². The molecule has 0 fully saturated rings. The van der Waals surface area contributed by atoms with Crippen LogP contribution in [0.5, 0.6) is 0 Å². The highest BCUT2D eigenvalue weighted by molar-refractivity contribution is 6.05. The Morgan fingerprint density at radius 1 is 0.796 bits per heavy atom. The van der Waals surface area contributed by atoms with Gasteiger partial charge in [0.05, 0.1) is 17.8 Å². The highest BCUT2D eigenvalue weighted by Gasteiger charge is 2.25. The zero-order valence-corrected chi connectivity index (χ0v) is 28.6. The molecule has 260 valence electrons. The molecular formula is C36H43N5O8. The molecule has 0 aliphatic carbocycles. The fourth-order valence-corrected chi connectivity index (χ4v) is 4.52. The van der Waals surface area contributed by atoms with Gasteiger partial charge in [0, 0.05) is 25.7 Å². The summed E-state index contributed by atoms with van der Waals surface area (Å²) in [7, 11) is 0. The minimum atomic E-state index is -0.693. The molecule has 13 nitrogen and oxygen atoms in total. The largest absolute Gasteiger partial charge is 0.460 e. The van der Waals surface area contributed by atoms with Crippen molar-refractivity contribution in [3.8, 4) is 0 Å². The Kier molecular flexibility index (Phi) is 11.8. The molecule has 2 aromatic carbocycles. The van der Waals surface area contributed by atoms with Crippen LogP contribution in [0.15, 0.2) is 85.1 Å². The van der Waals surface area contributed by atoms with Gasteiger partial charge in [-0.05, 0) is 70.9 Å². The molecular weight excluding hydrogens is 630 g/mol. The number of aromatic nitrogens is 1. The molecule has 49 heavy (non-hydrogen) atoms. The van der Waals surface area contributed by atoms with Crippen LogP contribution in [0, 0.1) is 0 Å². The maximum absolute atomic E-state index is 13.4. The van der Waals surface area contributed by atoms with Crippen molar-refractivity contribution in [1.29, 1.82) is 0 Å². The number of ether oxygens (including phenoxy) is 4. The van der Waals surface area contributed by atoms with E-state index in [9.17, 15) is 19.2 Å². The van der Waals surface area contributed by atoms with E-state index in [0.717, 1.165) is 5.56 Å². The lowest BCUT2D eigenvalue weighted by Crippen LogP contribution is -2.41. The van der Waals surface area contributed by atoms with E-state index in [2.05, 4.69) is 20.9 Å². The number of hydrogen-bond donors (Lipinski definition) is 3. The molecule has 0 spiro atoms. The number of para-hydroxylation sites is 2. The van der Waals surface area contributed by atoms with Gasteiger partial charge in [0.25, 0.3) is 5.91 Å². The van der Waals surface area contributed by atoms with Crippen molar-refractivity contribution in [2.75, 3.05) is 17.2 Å². The number of carbonyl (C=O) groups excluding carboxylic acids is 4. The topological polar surface area (TPSA) is 157 Å². The summed E-state index contributed by atoms with van der Waals surface area (Å²) in [6, 6.07) is 19.0. The van der Waals surface area contributed by atoms with Gasteiger partial charge in [0.1, 0.15) is 23.2 Å². The lowest BCUT2D eigenvalue weighted by atomic mass is 10.1. The Labute approximate surface area is 286 Å². The van der Waals surface area contributed by atoms with Crippen LogP contribution in [-0.4, -0.2) is 57.9 Å². The second-order valence-electron chi connectivity index (χ2n) is 13.2.